The zero-order valence-corrected chi connectivity index (χ0v) is 11.9. The topological polar surface area (TPSA) is 84.2 Å². The second-order valence-corrected chi connectivity index (χ2v) is 4.79. The van der Waals surface area contributed by atoms with Crippen molar-refractivity contribution in [3.63, 3.8) is 0 Å². The quantitative estimate of drug-likeness (QED) is 0.757. The molecule has 0 aliphatic heterocycles. The van der Waals surface area contributed by atoms with E-state index in [0.29, 0.717) is 22.6 Å². The second-order valence-electron chi connectivity index (χ2n) is 4.79. The molecule has 0 saturated heterocycles. The van der Waals surface area contributed by atoms with Gasteiger partial charge in [0.1, 0.15) is 0 Å². The zero-order chi connectivity index (χ0) is 15.4. The molecule has 2 aromatic carbocycles. The number of nitrogens with one attached hydrogen (secondary N) is 2. The van der Waals surface area contributed by atoms with Gasteiger partial charge in [-0.2, -0.15) is 0 Å². The lowest BCUT2D eigenvalue weighted by molar-refractivity contribution is -0.114. The molecule has 4 N–H and O–H groups in total. The van der Waals surface area contributed by atoms with E-state index in [1.54, 1.807) is 36.4 Å². The van der Waals surface area contributed by atoms with Crippen LogP contribution in [0, 0.1) is 6.92 Å². The van der Waals surface area contributed by atoms with Gasteiger partial charge in [-0.1, -0.05) is 12.1 Å². The summed E-state index contributed by atoms with van der Waals surface area (Å²) in [5, 5.41) is 5.46. The smallest absolute Gasteiger partial charge is 0.255 e. The van der Waals surface area contributed by atoms with Crippen molar-refractivity contribution in [2.24, 2.45) is 0 Å². The Labute approximate surface area is 123 Å². The average molecular weight is 283 g/mol. The second kappa shape index (κ2) is 6.09. The zero-order valence-electron chi connectivity index (χ0n) is 11.9. The van der Waals surface area contributed by atoms with Crippen LogP contribution in [0.25, 0.3) is 0 Å². The van der Waals surface area contributed by atoms with E-state index < -0.39 is 0 Å². The molecule has 5 nitrogen and oxygen atoms in total. The number of hydrogen-bond acceptors (Lipinski definition) is 3. The van der Waals surface area contributed by atoms with Gasteiger partial charge in [0.2, 0.25) is 5.91 Å². The number of hydrogen-bond donors (Lipinski definition) is 3. The van der Waals surface area contributed by atoms with Gasteiger partial charge in [-0.05, 0) is 42.8 Å². The Kier molecular flexibility index (Phi) is 4.23. The fraction of sp³-hybridized carbons (Fsp3) is 0.125. The average Bonchev–Trinajstić information content (AvgIpc) is 2.42. The number of nitrogen functional groups attached to an aromatic ring is 1. The van der Waals surface area contributed by atoms with Crippen molar-refractivity contribution < 1.29 is 9.59 Å². The number of rotatable bonds is 3. The van der Waals surface area contributed by atoms with Gasteiger partial charge in [-0.25, -0.2) is 0 Å². The minimum absolute atomic E-state index is 0.181. The van der Waals surface area contributed by atoms with Crippen molar-refractivity contribution in [2.45, 2.75) is 13.8 Å². The maximum absolute atomic E-state index is 12.3. The van der Waals surface area contributed by atoms with Crippen LogP contribution in [0.1, 0.15) is 22.8 Å². The van der Waals surface area contributed by atoms with E-state index in [2.05, 4.69) is 10.6 Å². The Morgan fingerprint density at radius 3 is 2.52 bits per heavy atom. The molecule has 0 aliphatic carbocycles. The molecule has 0 unspecified atom stereocenters. The predicted molar refractivity (Wildman–Crippen MR) is 84.3 cm³/mol. The summed E-state index contributed by atoms with van der Waals surface area (Å²) in [6, 6.07) is 12.1. The van der Waals surface area contributed by atoms with E-state index in [0.717, 1.165) is 5.56 Å². The minimum atomic E-state index is -0.254. The van der Waals surface area contributed by atoms with Crippen molar-refractivity contribution >= 4 is 28.9 Å². The highest BCUT2D eigenvalue weighted by Gasteiger charge is 2.09. The summed E-state index contributed by atoms with van der Waals surface area (Å²) in [7, 11) is 0. The summed E-state index contributed by atoms with van der Waals surface area (Å²) < 4.78 is 0. The van der Waals surface area contributed by atoms with E-state index in [4.69, 9.17) is 5.73 Å². The van der Waals surface area contributed by atoms with Crippen molar-refractivity contribution in [3.8, 4) is 0 Å². The Morgan fingerprint density at radius 1 is 1.05 bits per heavy atom. The summed E-state index contributed by atoms with van der Waals surface area (Å²) in [5.74, 6) is -0.435. The summed E-state index contributed by atoms with van der Waals surface area (Å²) in [5.41, 5.74) is 8.95. The lowest BCUT2D eigenvalue weighted by atomic mass is 10.1. The third-order valence-corrected chi connectivity index (χ3v) is 2.95. The van der Waals surface area contributed by atoms with Crippen molar-refractivity contribution in [1.82, 2.24) is 0 Å². The molecule has 0 fully saturated rings. The molecular weight excluding hydrogens is 266 g/mol. The number of benzene rings is 2. The molecule has 0 aliphatic rings. The molecule has 2 amide bonds. The molecule has 0 heterocycles. The molecule has 0 atom stereocenters. The van der Waals surface area contributed by atoms with E-state index in [1.165, 1.54) is 6.92 Å². The van der Waals surface area contributed by atoms with Crippen LogP contribution < -0.4 is 16.4 Å². The van der Waals surface area contributed by atoms with Gasteiger partial charge >= 0.3 is 0 Å². The molecule has 0 spiro atoms. The SMILES string of the molecule is CC(=O)Nc1cccc(C(=O)Nc2cc(N)ccc2C)c1. The number of anilines is 3. The molecule has 0 saturated carbocycles. The van der Waals surface area contributed by atoms with Gasteiger partial charge in [0.05, 0.1) is 0 Å². The molecule has 2 rings (SSSR count). The maximum Gasteiger partial charge on any atom is 0.255 e. The predicted octanol–water partition coefficient (Wildman–Crippen LogP) is 2.79. The molecule has 2 aromatic rings. The molecule has 21 heavy (non-hydrogen) atoms. The first-order chi connectivity index (χ1) is 9.95. The lowest BCUT2D eigenvalue weighted by Gasteiger charge is -2.10. The lowest BCUT2D eigenvalue weighted by Crippen LogP contribution is -2.14. The first-order valence-electron chi connectivity index (χ1n) is 6.51. The molecular formula is C16H17N3O2. The molecule has 5 heteroatoms. The van der Waals surface area contributed by atoms with Crippen LogP contribution >= 0.6 is 0 Å². The molecule has 0 radical (unpaired) electrons. The Balaban J connectivity index is 2.20. The van der Waals surface area contributed by atoms with Gasteiger partial charge in [0.15, 0.2) is 0 Å². The summed E-state index contributed by atoms with van der Waals surface area (Å²) in [4.78, 5) is 23.3. The molecule has 108 valence electrons. The van der Waals surface area contributed by atoms with Gasteiger partial charge in [0.25, 0.3) is 5.91 Å². The molecule has 0 aromatic heterocycles. The minimum Gasteiger partial charge on any atom is -0.399 e. The largest absolute Gasteiger partial charge is 0.399 e. The highest BCUT2D eigenvalue weighted by molar-refractivity contribution is 6.05. The van der Waals surface area contributed by atoms with Crippen LogP contribution in [0.15, 0.2) is 42.5 Å². The van der Waals surface area contributed by atoms with Gasteiger partial charge in [-0.3, -0.25) is 9.59 Å². The van der Waals surface area contributed by atoms with Crippen LogP contribution in [0.2, 0.25) is 0 Å². The van der Waals surface area contributed by atoms with Crippen LogP contribution in [0.5, 0.6) is 0 Å². The monoisotopic (exact) mass is 283 g/mol. The van der Waals surface area contributed by atoms with Crippen LogP contribution in [0.3, 0.4) is 0 Å². The van der Waals surface area contributed by atoms with Crippen molar-refractivity contribution in [3.05, 3.63) is 53.6 Å². The Morgan fingerprint density at radius 2 is 1.81 bits per heavy atom. The third kappa shape index (κ3) is 3.82. The number of amides is 2. The fourth-order valence-corrected chi connectivity index (χ4v) is 1.91. The normalized spacial score (nSPS) is 10.0. The van der Waals surface area contributed by atoms with Crippen LogP contribution in [-0.4, -0.2) is 11.8 Å². The summed E-state index contributed by atoms with van der Waals surface area (Å²) in [6.45, 7) is 3.31. The summed E-state index contributed by atoms with van der Waals surface area (Å²) >= 11 is 0. The fourth-order valence-electron chi connectivity index (χ4n) is 1.91. The number of carbonyl (C=O) groups is 2. The van der Waals surface area contributed by atoms with Crippen LogP contribution in [0.4, 0.5) is 17.1 Å². The first kappa shape index (κ1) is 14.6. The van der Waals surface area contributed by atoms with Gasteiger partial charge < -0.3 is 16.4 Å². The van der Waals surface area contributed by atoms with Crippen molar-refractivity contribution in [2.75, 3.05) is 16.4 Å². The number of nitrogens with two attached hydrogens (primary N) is 1. The standard InChI is InChI=1S/C16H17N3O2/c1-10-6-7-13(17)9-15(10)19-16(21)12-4-3-5-14(8-12)18-11(2)20/h3-9H,17H2,1-2H3,(H,18,20)(H,19,21). The van der Waals surface area contributed by atoms with Gasteiger partial charge in [0, 0.05) is 29.5 Å². The number of carbonyl (C=O) groups excluding carboxylic acids is 2. The Bertz CT molecular complexity index is 696. The van der Waals surface area contributed by atoms with Crippen LogP contribution in [-0.2, 0) is 4.79 Å². The Hall–Kier alpha value is -2.82. The van der Waals surface area contributed by atoms with Gasteiger partial charge in [-0.15, -0.1) is 0 Å². The number of aryl methyl sites for hydroxylation is 1. The maximum atomic E-state index is 12.3. The highest BCUT2D eigenvalue weighted by Crippen LogP contribution is 2.19. The highest BCUT2D eigenvalue weighted by atomic mass is 16.2. The van der Waals surface area contributed by atoms with E-state index in [1.807, 2.05) is 13.0 Å². The first-order valence-corrected chi connectivity index (χ1v) is 6.51. The van der Waals surface area contributed by atoms with E-state index in [-0.39, 0.29) is 11.8 Å². The van der Waals surface area contributed by atoms with E-state index in [9.17, 15) is 9.59 Å². The molecule has 0 bridgehead atoms. The van der Waals surface area contributed by atoms with E-state index >= 15 is 0 Å². The summed E-state index contributed by atoms with van der Waals surface area (Å²) in [6.07, 6.45) is 0. The van der Waals surface area contributed by atoms with Crippen molar-refractivity contribution in [1.29, 1.82) is 0 Å². The third-order valence-electron chi connectivity index (χ3n) is 2.95.